The van der Waals surface area contributed by atoms with Crippen LogP contribution in [0.3, 0.4) is 0 Å². The Balaban J connectivity index is 0.903. The van der Waals surface area contributed by atoms with E-state index in [4.69, 9.17) is 0 Å². The summed E-state index contributed by atoms with van der Waals surface area (Å²) in [6, 6.07) is 1.83. The summed E-state index contributed by atoms with van der Waals surface area (Å²) >= 11 is 0. The Hall–Kier alpha value is -0.120. The topological polar surface area (TPSA) is 9.72 Å². The largest absolute Gasteiger partial charge is 0.300 e. The summed E-state index contributed by atoms with van der Waals surface area (Å²) in [5.41, 5.74) is 3.04. The number of rotatable bonds is 2. The van der Waals surface area contributed by atoms with E-state index in [2.05, 4.69) is 56.2 Å². The van der Waals surface area contributed by atoms with Gasteiger partial charge < -0.3 is 9.80 Å². The summed E-state index contributed by atoms with van der Waals surface area (Å²) in [5, 5.41) is 0. The van der Waals surface area contributed by atoms with Crippen LogP contribution >= 0.6 is 0 Å². The molecule has 3 heterocycles. The molecule has 0 unspecified atom stereocenters. The first-order valence-corrected chi connectivity index (χ1v) is 15.6. The second-order valence-corrected chi connectivity index (χ2v) is 16.9. The zero-order valence-corrected chi connectivity index (χ0v) is 24.3. The number of likely N-dealkylation sites (tertiary alicyclic amines) is 3. The molecule has 0 radical (unpaired) electrons. The molecule has 3 saturated carbocycles. The number of piperidine rings is 2. The van der Waals surface area contributed by atoms with Crippen molar-refractivity contribution in [1.82, 2.24) is 14.7 Å². The van der Waals surface area contributed by atoms with Gasteiger partial charge in [0.1, 0.15) is 0 Å². The molecule has 3 nitrogen and oxygen atoms in total. The van der Waals surface area contributed by atoms with E-state index >= 15 is 0 Å². The summed E-state index contributed by atoms with van der Waals surface area (Å²) in [5.74, 6) is 0.979. The summed E-state index contributed by atoms with van der Waals surface area (Å²) < 4.78 is 0. The van der Waals surface area contributed by atoms with E-state index in [9.17, 15) is 0 Å². The minimum absolute atomic E-state index is 0.367. The summed E-state index contributed by atoms with van der Waals surface area (Å²) in [4.78, 5) is 8.56. The van der Waals surface area contributed by atoms with E-state index in [1.54, 1.807) is 0 Å². The lowest BCUT2D eigenvalue weighted by Gasteiger charge is -2.61. The van der Waals surface area contributed by atoms with Crippen LogP contribution in [-0.4, -0.2) is 71.6 Å². The van der Waals surface area contributed by atoms with E-state index in [1.165, 1.54) is 116 Å². The molecule has 0 aromatic heterocycles. The standard InChI is InChI=1S/C32H57N3/c1-28(2,3)25-19-30(20-25)11-17-34(18-12-30)27-21-31(22-27)13-15-33(16-14-31)26-7-9-32(10-8-26)23-35(24-32)29(4,5)6/h25-27H,7-24H2,1-6H3. The van der Waals surface area contributed by atoms with Crippen molar-refractivity contribution in [3.8, 4) is 0 Å². The van der Waals surface area contributed by atoms with Gasteiger partial charge in [-0.1, -0.05) is 20.8 Å². The SMILES string of the molecule is CC(C)(C)C1CC2(CCN(C3CC4(CCN(C5CCC6(CC5)CN(C(C)(C)C)C6)CC4)C3)CC2)C1. The normalized spacial score (nSPS) is 36.2. The predicted molar refractivity (Wildman–Crippen MR) is 148 cm³/mol. The van der Waals surface area contributed by atoms with Crippen LogP contribution in [0.1, 0.15) is 119 Å². The molecule has 0 bridgehead atoms. The minimum Gasteiger partial charge on any atom is -0.300 e. The van der Waals surface area contributed by atoms with Gasteiger partial charge in [0.15, 0.2) is 0 Å². The van der Waals surface area contributed by atoms with Crippen molar-refractivity contribution in [1.29, 1.82) is 0 Å². The van der Waals surface area contributed by atoms with Gasteiger partial charge in [-0.2, -0.15) is 0 Å². The molecule has 3 aliphatic heterocycles. The quantitative estimate of drug-likeness (QED) is 0.427. The first-order valence-electron chi connectivity index (χ1n) is 15.6. The van der Waals surface area contributed by atoms with Crippen LogP contribution in [0.5, 0.6) is 0 Å². The third-order valence-corrected chi connectivity index (χ3v) is 12.7. The van der Waals surface area contributed by atoms with Gasteiger partial charge in [0, 0.05) is 30.7 Å². The fourth-order valence-corrected chi connectivity index (χ4v) is 9.47. The summed E-state index contributed by atoms with van der Waals surface area (Å²) in [7, 11) is 0. The molecular formula is C32H57N3. The lowest BCUT2D eigenvalue weighted by molar-refractivity contribution is -0.106. The maximum atomic E-state index is 2.93. The van der Waals surface area contributed by atoms with Gasteiger partial charge in [0.2, 0.25) is 0 Å². The summed E-state index contributed by atoms with van der Waals surface area (Å²) in [6.45, 7) is 22.9. The Kier molecular flexibility index (Phi) is 6.07. The zero-order valence-electron chi connectivity index (χ0n) is 24.3. The molecule has 0 amide bonds. The van der Waals surface area contributed by atoms with Gasteiger partial charge in [0.05, 0.1) is 0 Å². The molecule has 6 fully saturated rings. The average molecular weight is 484 g/mol. The molecule has 3 heteroatoms. The Labute approximate surface area is 217 Å². The van der Waals surface area contributed by atoms with Crippen LogP contribution in [-0.2, 0) is 0 Å². The molecule has 3 spiro atoms. The fraction of sp³-hybridized carbons (Fsp3) is 1.00. The van der Waals surface area contributed by atoms with Crippen LogP contribution in [0.25, 0.3) is 0 Å². The fourth-order valence-electron chi connectivity index (χ4n) is 9.47. The molecule has 35 heavy (non-hydrogen) atoms. The lowest BCUT2D eigenvalue weighted by atomic mass is 9.51. The predicted octanol–water partition coefficient (Wildman–Crippen LogP) is 6.81. The molecule has 200 valence electrons. The maximum Gasteiger partial charge on any atom is 0.0125 e. The highest BCUT2D eigenvalue weighted by molar-refractivity contribution is 5.07. The zero-order chi connectivity index (χ0) is 24.7. The van der Waals surface area contributed by atoms with E-state index in [0.29, 0.717) is 16.4 Å². The van der Waals surface area contributed by atoms with E-state index in [-0.39, 0.29) is 0 Å². The molecule has 3 aliphatic carbocycles. The van der Waals surface area contributed by atoms with Crippen molar-refractivity contribution in [3.63, 3.8) is 0 Å². The van der Waals surface area contributed by atoms with E-state index in [1.807, 2.05) is 0 Å². The first kappa shape index (κ1) is 25.2. The van der Waals surface area contributed by atoms with Crippen molar-refractivity contribution in [2.75, 3.05) is 39.3 Å². The highest BCUT2D eigenvalue weighted by Gasteiger charge is 2.53. The monoisotopic (exact) mass is 483 g/mol. The van der Waals surface area contributed by atoms with E-state index in [0.717, 1.165) is 28.8 Å². The summed E-state index contributed by atoms with van der Waals surface area (Å²) in [6.07, 6.45) is 18.0. The van der Waals surface area contributed by atoms with Gasteiger partial charge in [-0.3, -0.25) is 4.90 Å². The molecule has 0 atom stereocenters. The van der Waals surface area contributed by atoms with E-state index < -0.39 is 0 Å². The first-order chi connectivity index (χ1) is 16.4. The number of hydrogen-bond donors (Lipinski definition) is 0. The molecule has 6 aliphatic rings. The Morgan fingerprint density at radius 3 is 1.46 bits per heavy atom. The molecule has 0 aromatic carbocycles. The van der Waals surface area contributed by atoms with Crippen molar-refractivity contribution in [2.24, 2.45) is 27.6 Å². The van der Waals surface area contributed by atoms with Crippen LogP contribution < -0.4 is 0 Å². The van der Waals surface area contributed by atoms with Gasteiger partial charge in [-0.05, 0) is 152 Å². The Bertz CT molecular complexity index is 740. The lowest BCUT2D eigenvalue weighted by Crippen LogP contribution is -2.64. The van der Waals surface area contributed by atoms with Crippen molar-refractivity contribution < 1.29 is 0 Å². The van der Waals surface area contributed by atoms with Gasteiger partial charge >= 0.3 is 0 Å². The highest BCUT2D eigenvalue weighted by Crippen LogP contribution is 2.59. The second kappa shape index (κ2) is 8.44. The molecule has 6 rings (SSSR count). The Morgan fingerprint density at radius 2 is 1.00 bits per heavy atom. The molecular weight excluding hydrogens is 426 g/mol. The molecule has 0 N–H and O–H groups in total. The van der Waals surface area contributed by atoms with Crippen molar-refractivity contribution in [3.05, 3.63) is 0 Å². The highest BCUT2D eigenvalue weighted by atomic mass is 15.3. The van der Waals surface area contributed by atoms with Crippen LogP contribution in [0.2, 0.25) is 0 Å². The smallest absolute Gasteiger partial charge is 0.0125 e. The van der Waals surface area contributed by atoms with Crippen LogP contribution in [0.4, 0.5) is 0 Å². The van der Waals surface area contributed by atoms with Crippen molar-refractivity contribution >= 4 is 0 Å². The molecule has 3 saturated heterocycles. The number of hydrogen-bond acceptors (Lipinski definition) is 3. The molecule has 0 aromatic rings. The third-order valence-electron chi connectivity index (χ3n) is 12.7. The maximum absolute atomic E-state index is 2.93. The second-order valence-electron chi connectivity index (χ2n) is 16.9. The average Bonchev–Trinajstić information content (AvgIpc) is 2.73. The van der Waals surface area contributed by atoms with Gasteiger partial charge in [-0.25, -0.2) is 0 Å². The van der Waals surface area contributed by atoms with Crippen molar-refractivity contribution in [2.45, 2.75) is 136 Å². The minimum atomic E-state index is 0.367. The van der Waals surface area contributed by atoms with Crippen LogP contribution in [0.15, 0.2) is 0 Å². The van der Waals surface area contributed by atoms with Crippen LogP contribution in [0, 0.1) is 27.6 Å². The number of nitrogens with zero attached hydrogens (tertiary/aromatic N) is 3. The van der Waals surface area contributed by atoms with Gasteiger partial charge in [0.25, 0.3) is 0 Å². The van der Waals surface area contributed by atoms with Gasteiger partial charge in [-0.15, -0.1) is 0 Å². The Morgan fingerprint density at radius 1 is 0.543 bits per heavy atom. The third kappa shape index (κ3) is 4.67.